The van der Waals surface area contributed by atoms with Gasteiger partial charge in [-0.3, -0.25) is 0 Å². The van der Waals surface area contributed by atoms with E-state index in [2.05, 4.69) is 295 Å². The summed E-state index contributed by atoms with van der Waals surface area (Å²) in [6.07, 6.45) is 0. The lowest BCUT2D eigenvalue weighted by atomic mass is 9.33. The molecule has 89 heavy (non-hydrogen) atoms. The molecule has 2 aromatic heterocycles. The van der Waals surface area contributed by atoms with E-state index < -0.39 is 18.2 Å². The minimum absolute atomic E-state index is 0.135. The van der Waals surface area contributed by atoms with Gasteiger partial charge in [-0.2, -0.15) is 0 Å². The van der Waals surface area contributed by atoms with Gasteiger partial charge in [-0.1, -0.05) is 256 Å². The van der Waals surface area contributed by atoms with E-state index in [1.165, 1.54) is 11.1 Å². The Bertz CT molecular complexity index is 5400. The third kappa shape index (κ3) is 8.80. The van der Waals surface area contributed by atoms with Crippen molar-refractivity contribution < 1.29 is 11.3 Å². The summed E-state index contributed by atoms with van der Waals surface area (Å²) < 4.78 is 55.3. The molecule has 0 N–H and O–H groups in total. The molecule has 4 nitrogen and oxygen atoms in total. The summed E-state index contributed by atoms with van der Waals surface area (Å²) in [5, 5.41) is 4.13. The van der Waals surface area contributed by atoms with E-state index in [-0.39, 0.29) is 40.6 Å². The van der Waals surface area contributed by atoms with Crippen LogP contribution < -0.4 is 26.2 Å². The second-order valence-electron chi connectivity index (χ2n) is 27.3. The summed E-state index contributed by atoms with van der Waals surface area (Å²) in [5.41, 5.74) is 23.7. The number of fused-ring (bicyclic) bond motifs is 10. The number of furan rings is 1. The molecular weight excluding hydrogens is 1080 g/mol. The summed E-state index contributed by atoms with van der Waals surface area (Å²) in [6, 6.07) is 81.8. The molecule has 12 aromatic carbocycles. The summed E-state index contributed by atoms with van der Waals surface area (Å²) in [5.74, 6) is 0. The molecule has 0 amide bonds. The van der Waals surface area contributed by atoms with E-state index in [0.29, 0.717) is 5.56 Å². The molecule has 14 aromatic rings. The van der Waals surface area contributed by atoms with E-state index in [1.54, 1.807) is 0 Å². The predicted molar refractivity (Wildman–Crippen MR) is 380 cm³/mol. The number of benzene rings is 12. The number of nitrogens with zero attached hydrogens (tertiary/aromatic N) is 3. The van der Waals surface area contributed by atoms with Gasteiger partial charge in [0.15, 0.2) is 0 Å². The number of anilines is 6. The summed E-state index contributed by atoms with van der Waals surface area (Å²) in [7, 11) is 0. The lowest BCUT2D eigenvalue weighted by molar-refractivity contribution is 0.569. The number of rotatable bonds is 7. The van der Waals surface area contributed by atoms with Crippen LogP contribution in [0, 0.1) is 0 Å². The summed E-state index contributed by atoms with van der Waals surface area (Å²) in [6.45, 7) is 20.3. The third-order valence-corrected chi connectivity index (χ3v) is 18.7. The van der Waals surface area contributed by atoms with Gasteiger partial charge in [0.25, 0.3) is 6.71 Å². The fraction of sp³-hybridized carbons (Fsp3) is 0.143. The van der Waals surface area contributed by atoms with Crippen LogP contribution in [0.1, 0.15) is 85.9 Å². The second-order valence-corrected chi connectivity index (χ2v) is 27.3. The standard InChI is InChI=1S/C84H70BN3O/c1-82(2,3)59-46-58(47-60(50-59)83(4,5)6)57-39-43-68-72(49-57)88(81-64(55-30-18-12-19-31-55)41-45-76-78(81)66-35-23-25-37-75(66)89-76)74-52-61(84(7,8)9)51-73-79(74)85(68)67-42-38-56(53-26-14-10-15-27-53)48-71(67)87(73)80-63(54-28-16-11-17-29-54)40-44-70-77(80)65-34-22-24-36-69(65)86(70)62-32-20-13-21-33-62/h10-52H,1-9H3/i10D,14D,15D,26D,27D. The summed E-state index contributed by atoms with van der Waals surface area (Å²) >= 11 is 0. The van der Waals surface area contributed by atoms with Gasteiger partial charge in [-0.05, 0) is 149 Å². The van der Waals surface area contributed by atoms with Gasteiger partial charge < -0.3 is 18.8 Å². The van der Waals surface area contributed by atoms with Crippen molar-refractivity contribution in [2.45, 2.75) is 78.6 Å². The van der Waals surface area contributed by atoms with Crippen LogP contribution in [-0.4, -0.2) is 11.3 Å². The minimum Gasteiger partial charge on any atom is -0.456 e. The number of aromatic nitrogens is 1. The lowest BCUT2D eigenvalue weighted by Crippen LogP contribution is -2.61. The molecule has 2 aliphatic heterocycles. The molecule has 0 saturated heterocycles. The highest BCUT2D eigenvalue weighted by atomic mass is 16.3. The SMILES string of the molecule is [2H]c1c([2H])c([2H])c(-c2ccc3c(c2)N(c2c(-c4ccccc4)ccc4c2c2ccccc2n4-c2ccccc2)c2cc(C(C)(C)C)cc4c2B3c2ccc(-c3cc(C(C)(C)C)cc(C(C)(C)C)c3)cc2N4c2c(-c3ccccc3)ccc3oc4ccccc4c23)c([2H])c1[2H]. The molecule has 0 fully saturated rings. The highest BCUT2D eigenvalue weighted by Crippen LogP contribution is 2.55. The van der Waals surface area contributed by atoms with Gasteiger partial charge in [0.05, 0.1) is 34.6 Å². The first-order valence-corrected chi connectivity index (χ1v) is 31.1. The fourth-order valence-electron chi connectivity index (χ4n) is 14.2. The molecule has 0 spiro atoms. The number of hydrogen-bond donors (Lipinski definition) is 0. The Morgan fingerprint density at radius 3 is 1.44 bits per heavy atom. The Kier molecular flexibility index (Phi) is 11.1. The van der Waals surface area contributed by atoms with Crippen LogP contribution in [0.3, 0.4) is 0 Å². The van der Waals surface area contributed by atoms with Crippen molar-refractivity contribution >= 4 is 101 Å². The molecule has 0 atom stereocenters. The van der Waals surface area contributed by atoms with E-state index in [1.807, 2.05) is 12.1 Å². The van der Waals surface area contributed by atoms with Crippen molar-refractivity contribution in [3.63, 3.8) is 0 Å². The van der Waals surface area contributed by atoms with Gasteiger partial charge in [0.1, 0.15) is 11.2 Å². The van der Waals surface area contributed by atoms with E-state index in [9.17, 15) is 2.74 Å². The molecule has 0 bridgehead atoms. The first-order chi connectivity index (χ1) is 45.1. The van der Waals surface area contributed by atoms with Gasteiger partial charge in [0.2, 0.25) is 0 Å². The molecule has 0 unspecified atom stereocenters. The van der Waals surface area contributed by atoms with Crippen LogP contribution in [0.4, 0.5) is 34.1 Å². The molecule has 0 radical (unpaired) electrons. The van der Waals surface area contributed by atoms with E-state index in [4.69, 9.17) is 8.53 Å². The van der Waals surface area contributed by atoms with Crippen LogP contribution in [0.25, 0.3) is 93.9 Å². The maximum atomic E-state index is 9.54. The summed E-state index contributed by atoms with van der Waals surface area (Å²) in [4.78, 5) is 5.07. The predicted octanol–water partition coefficient (Wildman–Crippen LogP) is 21.3. The highest BCUT2D eigenvalue weighted by Gasteiger charge is 2.46. The van der Waals surface area contributed by atoms with E-state index in [0.717, 1.165) is 139 Å². The van der Waals surface area contributed by atoms with Gasteiger partial charge in [-0.15, -0.1) is 0 Å². The highest BCUT2D eigenvalue weighted by molar-refractivity contribution is 7.00. The van der Waals surface area contributed by atoms with Crippen molar-refractivity contribution in [2.75, 3.05) is 9.80 Å². The van der Waals surface area contributed by atoms with Crippen molar-refractivity contribution in [3.05, 3.63) is 277 Å². The molecule has 16 rings (SSSR count). The second kappa shape index (κ2) is 20.2. The molecule has 0 saturated carbocycles. The zero-order valence-electron chi connectivity index (χ0n) is 56.8. The number of para-hydroxylation sites is 3. The van der Waals surface area contributed by atoms with Crippen molar-refractivity contribution in [1.82, 2.24) is 4.57 Å². The smallest absolute Gasteiger partial charge is 0.252 e. The molecule has 0 aliphatic carbocycles. The largest absolute Gasteiger partial charge is 0.456 e. The molecular formula is C84H70BN3O. The van der Waals surface area contributed by atoms with Crippen LogP contribution in [0.2, 0.25) is 0 Å². The topological polar surface area (TPSA) is 24.6 Å². The first-order valence-electron chi connectivity index (χ1n) is 33.6. The van der Waals surface area contributed by atoms with Crippen LogP contribution in [0.15, 0.2) is 265 Å². The minimum atomic E-state index is -0.430. The Morgan fingerprint density at radius 1 is 0.360 bits per heavy atom. The van der Waals surface area contributed by atoms with Crippen molar-refractivity contribution in [1.29, 1.82) is 0 Å². The lowest BCUT2D eigenvalue weighted by Gasteiger charge is -2.46. The van der Waals surface area contributed by atoms with Crippen molar-refractivity contribution in [3.8, 4) is 50.2 Å². The van der Waals surface area contributed by atoms with Gasteiger partial charge in [0, 0.05) is 55.7 Å². The first kappa shape index (κ1) is 49.0. The Hall–Kier alpha value is -10.1. The van der Waals surface area contributed by atoms with Crippen LogP contribution >= 0.6 is 0 Å². The molecule has 430 valence electrons. The number of hydrogen-bond acceptors (Lipinski definition) is 3. The monoisotopic (exact) mass is 1150 g/mol. The van der Waals surface area contributed by atoms with Crippen LogP contribution in [0.5, 0.6) is 0 Å². The molecule has 5 heteroatoms. The average molecular weight is 1150 g/mol. The quantitative estimate of drug-likeness (QED) is 0.149. The Morgan fingerprint density at radius 2 is 0.854 bits per heavy atom. The fourth-order valence-corrected chi connectivity index (χ4v) is 14.2. The Balaban J connectivity index is 1.11. The normalized spacial score (nSPS) is 13.9. The maximum Gasteiger partial charge on any atom is 0.252 e. The van der Waals surface area contributed by atoms with Crippen LogP contribution in [-0.2, 0) is 16.2 Å². The average Bonchev–Trinajstić information content (AvgIpc) is 0.833. The third-order valence-electron chi connectivity index (χ3n) is 18.7. The van der Waals surface area contributed by atoms with Gasteiger partial charge >= 0.3 is 0 Å². The van der Waals surface area contributed by atoms with Crippen molar-refractivity contribution in [2.24, 2.45) is 0 Å². The Labute approximate surface area is 530 Å². The zero-order chi connectivity index (χ0) is 65.0. The van der Waals surface area contributed by atoms with Gasteiger partial charge in [-0.25, -0.2) is 0 Å². The van der Waals surface area contributed by atoms with E-state index >= 15 is 0 Å². The zero-order valence-corrected chi connectivity index (χ0v) is 51.8. The maximum absolute atomic E-state index is 9.54. The molecule has 4 heterocycles. The molecule has 2 aliphatic rings.